The molecule has 0 heterocycles. The summed E-state index contributed by atoms with van der Waals surface area (Å²) in [6, 6.07) is 6.85. The van der Waals surface area contributed by atoms with Crippen LogP contribution in [-0.2, 0) is 19.3 Å². The van der Waals surface area contributed by atoms with Crippen molar-refractivity contribution in [2.24, 2.45) is 5.92 Å². The predicted octanol–water partition coefficient (Wildman–Crippen LogP) is 3.27. The SMILES string of the molecule is CCC(O)(Cc1ccc2c(c1)CCC2)C1CC1. The van der Waals surface area contributed by atoms with Crippen molar-refractivity contribution >= 4 is 0 Å². The summed E-state index contributed by atoms with van der Waals surface area (Å²) in [6.45, 7) is 2.12. The molecule has 1 atom stereocenters. The Balaban J connectivity index is 1.80. The third-order valence-corrected chi connectivity index (χ3v) is 4.62. The van der Waals surface area contributed by atoms with Crippen molar-refractivity contribution < 1.29 is 5.11 Å². The van der Waals surface area contributed by atoms with Crippen LogP contribution in [0.3, 0.4) is 0 Å². The number of fused-ring (bicyclic) bond motifs is 1. The van der Waals surface area contributed by atoms with Crippen LogP contribution in [0.4, 0.5) is 0 Å². The average Bonchev–Trinajstić information content (AvgIpc) is 3.09. The Bertz CT molecular complexity index is 420. The Morgan fingerprint density at radius 3 is 2.71 bits per heavy atom. The molecule has 0 aliphatic heterocycles. The second kappa shape index (κ2) is 4.13. The zero-order chi connectivity index (χ0) is 11.9. The Labute approximate surface area is 104 Å². The number of benzene rings is 1. The van der Waals surface area contributed by atoms with Crippen LogP contribution in [0.2, 0.25) is 0 Å². The van der Waals surface area contributed by atoms with Crippen molar-refractivity contribution in [1.82, 2.24) is 0 Å². The Hall–Kier alpha value is -0.820. The molecule has 1 saturated carbocycles. The molecule has 1 fully saturated rings. The van der Waals surface area contributed by atoms with Crippen molar-refractivity contribution in [3.63, 3.8) is 0 Å². The number of rotatable bonds is 4. The first-order valence-corrected chi connectivity index (χ1v) is 7.04. The minimum Gasteiger partial charge on any atom is -0.389 e. The highest BCUT2D eigenvalue weighted by Gasteiger charge is 2.42. The topological polar surface area (TPSA) is 20.2 Å². The van der Waals surface area contributed by atoms with Crippen molar-refractivity contribution in [2.45, 2.75) is 57.5 Å². The van der Waals surface area contributed by atoms with E-state index in [-0.39, 0.29) is 0 Å². The fraction of sp³-hybridized carbons (Fsp3) is 0.625. The monoisotopic (exact) mass is 230 g/mol. The lowest BCUT2D eigenvalue weighted by Gasteiger charge is -2.27. The van der Waals surface area contributed by atoms with E-state index in [0.29, 0.717) is 5.92 Å². The van der Waals surface area contributed by atoms with Crippen molar-refractivity contribution in [3.8, 4) is 0 Å². The van der Waals surface area contributed by atoms with Gasteiger partial charge in [0.1, 0.15) is 0 Å². The van der Waals surface area contributed by atoms with Gasteiger partial charge in [-0.2, -0.15) is 0 Å². The fourth-order valence-electron chi connectivity index (χ4n) is 3.27. The Morgan fingerprint density at radius 1 is 1.24 bits per heavy atom. The normalized spacial score (nSPS) is 22.2. The molecule has 0 saturated heterocycles. The van der Waals surface area contributed by atoms with E-state index in [1.807, 2.05) is 0 Å². The highest BCUT2D eigenvalue weighted by Crippen LogP contribution is 2.43. The summed E-state index contributed by atoms with van der Waals surface area (Å²) in [5.74, 6) is 0.556. The second-order valence-corrected chi connectivity index (χ2v) is 5.86. The maximum atomic E-state index is 10.7. The van der Waals surface area contributed by atoms with Crippen LogP contribution in [0.1, 0.15) is 49.3 Å². The van der Waals surface area contributed by atoms with Gasteiger partial charge in [0, 0.05) is 6.42 Å². The standard InChI is InChI=1S/C16H22O/c1-2-16(17,15-8-9-15)11-12-6-7-13-4-3-5-14(13)10-12/h6-7,10,15,17H,2-5,8-9,11H2,1H3. The minimum atomic E-state index is -0.438. The molecule has 2 aliphatic rings. The predicted molar refractivity (Wildman–Crippen MR) is 70.1 cm³/mol. The maximum absolute atomic E-state index is 10.7. The summed E-state index contributed by atoms with van der Waals surface area (Å²) in [5, 5.41) is 10.7. The summed E-state index contributed by atoms with van der Waals surface area (Å²) < 4.78 is 0. The lowest BCUT2D eigenvalue weighted by molar-refractivity contribution is 0.0139. The average molecular weight is 230 g/mol. The summed E-state index contributed by atoms with van der Waals surface area (Å²) in [5.41, 5.74) is 3.95. The van der Waals surface area contributed by atoms with Gasteiger partial charge in [-0.3, -0.25) is 0 Å². The van der Waals surface area contributed by atoms with Crippen LogP contribution in [0.15, 0.2) is 18.2 Å². The van der Waals surface area contributed by atoms with E-state index in [2.05, 4.69) is 25.1 Å². The van der Waals surface area contributed by atoms with Gasteiger partial charge in [-0.05, 0) is 61.1 Å². The number of hydrogen-bond acceptors (Lipinski definition) is 1. The van der Waals surface area contributed by atoms with E-state index in [1.165, 1.54) is 48.8 Å². The van der Waals surface area contributed by atoms with Gasteiger partial charge < -0.3 is 5.11 Å². The first-order valence-electron chi connectivity index (χ1n) is 7.04. The zero-order valence-corrected chi connectivity index (χ0v) is 10.7. The largest absolute Gasteiger partial charge is 0.389 e. The van der Waals surface area contributed by atoms with Gasteiger partial charge in [0.05, 0.1) is 5.60 Å². The van der Waals surface area contributed by atoms with Crippen LogP contribution in [0, 0.1) is 5.92 Å². The number of hydrogen-bond donors (Lipinski definition) is 1. The van der Waals surface area contributed by atoms with Gasteiger partial charge in [-0.25, -0.2) is 0 Å². The number of aryl methyl sites for hydroxylation is 2. The van der Waals surface area contributed by atoms with Gasteiger partial charge in [0.2, 0.25) is 0 Å². The third kappa shape index (κ3) is 2.13. The summed E-state index contributed by atoms with van der Waals surface area (Å²) in [7, 11) is 0. The summed E-state index contributed by atoms with van der Waals surface area (Å²) in [6.07, 6.45) is 7.95. The lowest BCUT2D eigenvalue weighted by Crippen LogP contribution is -2.33. The van der Waals surface area contributed by atoms with E-state index in [4.69, 9.17) is 0 Å². The zero-order valence-electron chi connectivity index (χ0n) is 10.7. The summed E-state index contributed by atoms with van der Waals surface area (Å²) in [4.78, 5) is 0. The molecule has 92 valence electrons. The third-order valence-electron chi connectivity index (χ3n) is 4.62. The molecule has 0 spiro atoms. The molecule has 0 amide bonds. The van der Waals surface area contributed by atoms with Crippen LogP contribution < -0.4 is 0 Å². The van der Waals surface area contributed by atoms with E-state index < -0.39 is 5.60 Å². The van der Waals surface area contributed by atoms with E-state index in [0.717, 1.165) is 12.8 Å². The molecule has 1 heteroatoms. The Kier molecular flexibility index (Phi) is 2.74. The molecule has 1 aromatic carbocycles. The molecule has 0 bridgehead atoms. The van der Waals surface area contributed by atoms with Gasteiger partial charge in [0.25, 0.3) is 0 Å². The van der Waals surface area contributed by atoms with E-state index in [9.17, 15) is 5.11 Å². The molecule has 0 radical (unpaired) electrons. The lowest BCUT2D eigenvalue weighted by atomic mass is 9.86. The molecule has 1 aromatic rings. The molecule has 1 unspecified atom stereocenters. The second-order valence-electron chi connectivity index (χ2n) is 5.86. The first kappa shape index (κ1) is 11.3. The van der Waals surface area contributed by atoms with Crippen molar-refractivity contribution in [2.75, 3.05) is 0 Å². The van der Waals surface area contributed by atoms with Crippen LogP contribution >= 0.6 is 0 Å². The summed E-state index contributed by atoms with van der Waals surface area (Å²) >= 11 is 0. The minimum absolute atomic E-state index is 0.438. The van der Waals surface area contributed by atoms with Gasteiger partial charge >= 0.3 is 0 Å². The molecular formula is C16H22O. The highest BCUT2D eigenvalue weighted by atomic mass is 16.3. The molecule has 0 aromatic heterocycles. The molecule has 17 heavy (non-hydrogen) atoms. The van der Waals surface area contributed by atoms with Crippen LogP contribution in [0.25, 0.3) is 0 Å². The van der Waals surface area contributed by atoms with Crippen LogP contribution in [-0.4, -0.2) is 10.7 Å². The van der Waals surface area contributed by atoms with Gasteiger partial charge in [-0.15, -0.1) is 0 Å². The fourth-order valence-corrected chi connectivity index (χ4v) is 3.27. The highest BCUT2D eigenvalue weighted by molar-refractivity contribution is 5.36. The van der Waals surface area contributed by atoms with Gasteiger partial charge in [0.15, 0.2) is 0 Å². The van der Waals surface area contributed by atoms with Gasteiger partial charge in [-0.1, -0.05) is 25.1 Å². The smallest absolute Gasteiger partial charge is 0.0713 e. The quantitative estimate of drug-likeness (QED) is 0.841. The van der Waals surface area contributed by atoms with Crippen molar-refractivity contribution in [3.05, 3.63) is 34.9 Å². The van der Waals surface area contributed by atoms with E-state index in [1.54, 1.807) is 0 Å². The maximum Gasteiger partial charge on any atom is 0.0713 e. The number of aliphatic hydroxyl groups is 1. The van der Waals surface area contributed by atoms with Crippen molar-refractivity contribution in [1.29, 1.82) is 0 Å². The Morgan fingerprint density at radius 2 is 2.00 bits per heavy atom. The molecule has 1 N–H and O–H groups in total. The molecule has 2 aliphatic carbocycles. The first-order chi connectivity index (χ1) is 8.21. The molecule has 3 rings (SSSR count). The molecular weight excluding hydrogens is 208 g/mol. The van der Waals surface area contributed by atoms with E-state index >= 15 is 0 Å². The molecule has 1 nitrogen and oxygen atoms in total. The van der Waals surface area contributed by atoms with Crippen LogP contribution in [0.5, 0.6) is 0 Å².